The lowest BCUT2D eigenvalue weighted by molar-refractivity contribution is -0.136. The van der Waals surface area contributed by atoms with Gasteiger partial charge in [-0.1, -0.05) is 12.1 Å². The molecule has 0 spiro atoms. The molecule has 11 nitrogen and oxygen atoms in total. The highest BCUT2D eigenvalue weighted by atomic mass is 32.1. The summed E-state index contributed by atoms with van der Waals surface area (Å²) in [6, 6.07) is 24.1. The molecule has 1 atom stereocenters. The Bertz CT molecular complexity index is 2350. The fourth-order valence-corrected chi connectivity index (χ4v) is 9.55. The van der Waals surface area contributed by atoms with Crippen molar-refractivity contribution in [3.05, 3.63) is 102 Å². The van der Waals surface area contributed by atoms with Gasteiger partial charge in [0.15, 0.2) is 5.75 Å². The summed E-state index contributed by atoms with van der Waals surface area (Å²) in [7, 11) is 0. The number of piperazine rings is 1. The number of ether oxygens (including phenoxy) is 1. The van der Waals surface area contributed by atoms with E-state index in [0.717, 1.165) is 95.5 Å². The van der Waals surface area contributed by atoms with Gasteiger partial charge in [0.05, 0.1) is 16.0 Å². The highest BCUT2D eigenvalue weighted by Gasteiger charge is 2.45. The Kier molecular flexibility index (Phi) is 9.42. The number of carbonyl (C=O) groups is 4. The lowest BCUT2D eigenvalue weighted by Crippen LogP contribution is -2.54. The lowest BCUT2D eigenvalue weighted by atomic mass is 9.95. The maximum absolute atomic E-state index is 13.7. The van der Waals surface area contributed by atoms with E-state index in [9.17, 15) is 28.7 Å². The molecule has 5 aromatic rings. The number of halogens is 1. The number of phenolic OH excluding ortho intramolecular Hbond substituents is 1. The van der Waals surface area contributed by atoms with E-state index in [2.05, 4.69) is 32.1 Å². The average Bonchev–Trinajstić information content (AvgIpc) is 3.68. The van der Waals surface area contributed by atoms with E-state index in [4.69, 9.17) is 4.74 Å². The minimum Gasteiger partial charge on any atom is -0.508 e. The van der Waals surface area contributed by atoms with Gasteiger partial charge in [0.2, 0.25) is 11.8 Å². The number of rotatable bonds is 8. The van der Waals surface area contributed by atoms with Gasteiger partial charge in [-0.3, -0.25) is 34.3 Å². The molecule has 2 N–H and O–H groups in total. The number of fused-ring (bicyclic) bond motifs is 2. The fraction of sp³-hybridized carbons (Fsp3) is 0.302. The van der Waals surface area contributed by atoms with Gasteiger partial charge in [0, 0.05) is 73.7 Å². The minimum absolute atomic E-state index is 0.0922. The summed E-state index contributed by atoms with van der Waals surface area (Å²) in [5.41, 5.74) is 3.49. The molecule has 4 aliphatic rings. The second-order valence-electron chi connectivity index (χ2n) is 14.9. The van der Waals surface area contributed by atoms with Crippen LogP contribution in [0.3, 0.4) is 0 Å². The number of anilines is 2. The van der Waals surface area contributed by atoms with Crippen LogP contribution in [0.25, 0.3) is 20.5 Å². The molecular formula is C43H40FN5O6S. The van der Waals surface area contributed by atoms with Crippen LogP contribution in [0.2, 0.25) is 0 Å². The van der Waals surface area contributed by atoms with Crippen molar-refractivity contribution in [1.82, 2.24) is 15.1 Å². The van der Waals surface area contributed by atoms with E-state index >= 15 is 0 Å². The number of aromatic hydroxyl groups is 1. The normalized spacial score (nSPS) is 19.5. The number of hydrogen-bond donors (Lipinski definition) is 2. The van der Waals surface area contributed by atoms with Gasteiger partial charge >= 0.3 is 0 Å². The minimum atomic E-state index is -0.972. The average molecular weight is 774 g/mol. The number of nitrogens with one attached hydrogen (secondary N) is 1. The first kappa shape index (κ1) is 35.9. The van der Waals surface area contributed by atoms with Crippen molar-refractivity contribution in [2.24, 2.45) is 5.92 Å². The van der Waals surface area contributed by atoms with Crippen molar-refractivity contribution in [1.29, 1.82) is 0 Å². The van der Waals surface area contributed by atoms with Crippen LogP contribution < -0.4 is 19.9 Å². The summed E-state index contributed by atoms with van der Waals surface area (Å²) < 4.78 is 21.1. The number of amides is 4. The van der Waals surface area contributed by atoms with Crippen LogP contribution >= 0.6 is 11.3 Å². The molecule has 1 aromatic heterocycles. The van der Waals surface area contributed by atoms with Crippen molar-refractivity contribution < 1.29 is 33.4 Å². The smallest absolute Gasteiger partial charge is 0.262 e. The largest absolute Gasteiger partial charge is 0.508 e. The van der Waals surface area contributed by atoms with Crippen LogP contribution in [0.5, 0.6) is 17.2 Å². The van der Waals surface area contributed by atoms with Gasteiger partial charge in [-0.25, -0.2) is 4.39 Å². The van der Waals surface area contributed by atoms with Gasteiger partial charge in [-0.05, 0) is 104 Å². The summed E-state index contributed by atoms with van der Waals surface area (Å²) in [6.07, 6.45) is 2.42. The molecular weight excluding hydrogens is 734 g/mol. The van der Waals surface area contributed by atoms with Crippen LogP contribution in [-0.4, -0.2) is 90.4 Å². The maximum atomic E-state index is 13.7. The molecule has 286 valence electrons. The van der Waals surface area contributed by atoms with Gasteiger partial charge in [-0.2, -0.15) is 0 Å². The van der Waals surface area contributed by atoms with Crippen molar-refractivity contribution in [2.45, 2.75) is 31.7 Å². The molecule has 0 saturated carbocycles. The number of carbonyl (C=O) groups excluding carboxylic acids is 4. The summed E-state index contributed by atoms with van der Waals surface area (Å²) >= 11 is 1.50. The van der Waals surface area contributed by atoms with Crippen LogP contribution in [0.1, 0.15) is 46.4 Å². The van der Waals surface area contributed by atoms with Crippen LogP contribution in [0.15, 0.2) is 84.9 Å². The standard InChI is InChI=1S/C43H40FN5O6S/c44-28-3-1-27(2-4-28)40-39(34-12-8-31(50)24-37(34)56-40)55-32-9-5-29(6-10-32)47-17-15-26(16-18-47)25-46-19-21-48(22-20-46)30-7-11-33-35(23-30)43(54)49(42(33)53)36-13-14-38(51)45-41(36)52/h1-12,23-24,26,36,50H,13-22,25H2,(H,45,51,52). The monoisotopic (exact) mass is 773 g/mol. The zero-order valence-corrected chi connectivity index (χ0v) is 31.4. The molecule has 3 fully saturated rings. The Balaban J connectivity index is 0.777. The van der Waals surface area contributed by atoms with E-state index < -0.39 is 29.7 Å². The maximum Gasteiger partial charge on any atom is 0.262 e. The summed E-state index contributed by atoms with van der Waals surface area (Å²) in [4.78, 5) is 59.6. The number of piperidine rings is 2. The third kappa shape index (κ3) is 6.85. The van der Waals surface area contributed by atoms with Crippen LogP contribution in [0, 0.1) is 11.7 Å². The first-order valence-electron chi connectivity index (χ1n) is 19.1. The first-order valence-corrected chi connectivity index (χ1v) is 19.9. The summed E-state index contributed by atoms with van der Waals surface area (Å²) in [5, 5.41) is 13.2. The quantitative estimate of drug-likeness (QED) is 0.167. The molecule has 4 amide bonds. The summed E-state index contributed by atoms with van der Waals surface area (Å²) in [6.45, 7) is 6.39. The molecule has 56 heavy (non-hydrogen) atoms. The molecule has 4 aromatic carbocycles. The second kappa shape index (κ2) is 14.7. The SMILES string of the molecule is O=C1CCC(N2C(=O)c3ccc(N4CCN(CC5CCN(c6ccc(Oc7c(-c8ccc(F)cc8)sc8cc(O)ccc78)cc6)CC5)CC4)cc3C2=O)C(=O)N1. The van der Waals surface area contributed by atoms with Gasteiger partial charge in [0.25, 0.3) is 11.8 Å². The molecule has 9 rings (SSSR count). The van der Waals surface area contributed by atoms with Crippen molar-refractivity contribution in [3.8, 4) is 27.7 Å². The van der Waals surface area contributed by atoms with Gasteiger partial charge in [-0.15, -0.1) is 11.3 Å². The summed E-state index contributed by atoms with van der Waals surface area (Å²) in [5.74, 6) is -0.108. The Morgan fingerprint density at radius 1 is 0.750 bits per heavy atom. The van der Waals surface area contributed by atoms with E-state index in [-0.39, 0.29) is 24.4 Å². The Morgan fingerprint density at radius 3 is 2.18 bits per heavy atom. The Labute approximate surface area is 326 Å². The molecule has 13 heteroatoms. The number of thiophene rings is 1. The first-order chi connectivity index (χ1) is 27.2. The molecule has 0 aliphatic carbocycles. The second-order valence-corrected chi connectivity index (χ2v) is 16.0. The molecule has 0 bridgehead atoms. The number of nitrogens with zero attached hydrogens (tertiary/aromatic N) is 4. The number of hydrogen-bond acceptors (Lipinski definition) is 10. The molecule has 1 unspecified atom stereocenters. The Morgan fingerprint density at radius 2 is 1.45 bits per heavy atom. The number of benzene rings is 4. The predicted molar refractivity (Wildman–Crippen MR) is 212 cm³/mol. The van der Waals surface area contributed by atoms with Crippen molar-refractivity contribution in [3.63, 3.8) is 0 Å². The topological polar surface area (TPSA) is 123 Å². The van der Waals surface area contributed by atoms with E-state index in [1.807, 2.05) is 24.3 Å². The van der Waals surface area contributed by atoms with Crippen LogP contribution in [0.4, 0.5) is 15.8 Å². The zero-order chi connectivity index (χ0) is 38.5. The van der Waals surface area contributed by atoms with Crippen LogP contribution in [-0.2, 0) is 9.59 Å². The van der Waals surface area contributed by atoms with E-state index in [1.54, 1.807) is 36.4 Å². The zero-order valence-electron chi connectivity index (χ0n) is 30.6. The fourth-order valence-electron chi connectivity index (χ4n) is 8.38. The highest BCUT2D eigenvalue weighted by molar-refractivity contribution is 7.22. The molecule has 4 aliphatic heterocycles. The Hall–Kier alpha value is -5.79. The highest BCUT2D eigenvalue weighted by Crippen LogP contribution is 2.47. The predicted octanol–water partition coefficient (Wildman–Crippen LogP) is 6.65. The molecule has 0 radical (unpaired) electrons. The third-order valence-corrected chi connectivity index (χ3v) is 12.6. The van der Waals surface area contributed by atoms with Crippen molar-refractivity contribution >= 4 is 56.4 Å². The third-order valence-electron chi connectivity index (χ3n) is 11.4. The molecule has 3 saturated heterocycles. The number of phenols is 1. The number of imide groups is 2. The van der Waals surface area contributed by atoms with E-state index in [0.29, 0.717) is 28.5 Å². The van der Waals surface area contributed by atoms with Gasteiger partial charge in [0.1, 0.15) is 23.4 Å². The van der Waals surface area contributed by atoms with Crippen molar-refractivity contribution in [2.75, 3.05) is 55.6 Å². The van der Waals surface area contributed by atoms with Gasteiger partial charge < -0.3 is 19.6 Å². The lowest BCUT2D eigenvalue weighted by Gasteiger charge is -2.40. The van der Waals surface area contributed by atoms with E-state index in [1.165, 1.54) is 23.5 Å². The molecule has 5 heterocycles.